The van der Waals surface area contributed by atoms with Crippen LogP contribution in [-0.2, 0) is 0 Å². The molecule has 0 radical (unpaired) electrons. The van der Waals surface area contributed by atoms with Crippen LogP contribution < -0.4 is 4.74 Å². The van der Waals surface area contributed by atoms with Crippen molar-refractivity contribution < 1.29 is 4.74 Å². The van der Waals surface area contributed by atoms with E-state index in [1.165, 1.54) is 16.5 Å². The van der Waals surface area contributed by atoms with Crippen LogP contribution in [0.2, 0.25) is 0 Å². The molecule has 0 unspecified atom stereocenters. The molecule has 0 aliphatic carbocycles. The molecular formula is C12H13NO. The van der Waals surface area contributed by atoms with Gasteiger partial charge in [0.05, 0.1) is 12.6 Å². The minimum absolute atomic E-state index is 0.882. The van der Waals surface area contributed by atoms with Crippen LogP contribution in [0.15, 0.2) is 24.4 Å². The standard InChI is InChI=1S/C12H13NO/c1-8-7-13-12-5-4-10(14-3)6-11(12)9(8)2/h4-7H,1-3H3. The van der Waals surface area contributed by atoms with Crippen molar-refractivity contribution in [2.24, 2.45) is 0 Å². The molecular weight excluding hydrogens is 174 g/mol. The molecule has 1 aromatic heterocycles. The van der Waals surface area contributed by atoms with E-state index >= 15 is 0 Å². The van der Waals surface area contributed by atoms with Gasteiger partial charge in [0.1, 0.15) is 5.75 Å². The minimum Gasteiger partial charge on any atom is -0.497 e. The van der Waals surface area contributed by atoms with E-state index in [9.17, 15) is 0 Å². The Kier molecular flexibility index (Phi) is 2.12. The quantitative estimate of drug-likeness (QED) is 0.684. The van der Waals surface area contributed by atoms with Gasteiger partial charge < -0.3 is 4.74 Å². The van der Waals surface area contributed by atoms with Crippen LogP contribution in [-0.4, -0.2) is 12.1 Å². The van der Waals surface area contributed by atoms with Crippen molar-refractivity contribution in [3.8, 4) is 5.75 Å². The highest BCUT2D eigenvalue weighted by Crippen LogP contribution is 2.23. The lowest BCUT2D eigenvalue weighted by Crippen LogP contribution is -1.89. The van der Waals surface area contributed by atoms with Crippen molar-refractivity contribution in [1.82, 2.24) is 4.98 Å². The lowest BCUT2D eigenvalue weighted by atomic mass is 10.1. The monoisotopic (exact) mass is 187 g/mol. The minimum atomic E-state index is 0.882. The van der Waals surface area contributed by atoms with Crippen molar-refractivity contribution in [3.05, 3.63) is 35.5 Å². The third kappa shape index (κ3) is 1.33. The van der Waals surface area contributed by atoms with Gasteiger partial charge in [-0.3, -0.25) is 4.98 Å². The Labute approximate surface area is 83.5 Å². The van der Waals surface area contributed by atoms with Gasteiger partial charge in [-0.15, -0.1) is 0 Å². The number of hydrogen-bond acceptors (Lipinski definition) is 2. The summed E-state index contributed by atoms with van der Waals surface area (Å²) in [5.74, 6) is 0.882. The fraction of sp³-hybridized carbons (Fsp3) is 0.250. The number of pyridine rings is 1. The van der Waals surface area contributed by atoms with E-state index in [0.717, 1.165) is 11.3 Å². The zero-order valence-corrected chi connectivity index (χ0v) is 8.66. The van der Waals surface area contributed by atoms with E-state index < -0.39 is 0 Å². The molecule has 2 aromatic rings. The Morgan fingerprint density at radius 2 is 2.00 bits per heavy atom. The second kappa shape index (κ2) is 3.29. The number of ether oxygens (including phenoxy) is 1. The average molecular weight is 187 g/mol. The molecule has 2 nitrogen and oxygen atoms in total. The Balaban J connectivity index is 2.78. The molecule has 14 heavy (non-hydrogen) atoms. The number of benzene rings is 1. The molecule has 0 aliphatic rings. The number of aromatic nitrogens is 1. The first-order valence-electron chi connectivity index (χ1n) is 4.62. The number of rotatable bonds is 1. The number of methoxy groups -OCH3 is 1. The zero-order valence-electron chi connectivity index (χ0n) is 8.66. The second-order valence-electron chi connectivity index (χ2n) is 3.45. The SMILES string of the molecule is COc1ccc2ncc(C)c(C)c2c1. The third-order valence-corrected chi connectivity index (χ3v) is 2.60. The molecule has 1 heterocycles. The van der Waals surface area contributed by atoms with Crippen molar-refractivity contribution in [3.63, 3.8) is 0 Å². The topological polar surface area (TPSA) is 22.1 Å². The van der Waals surface area contributed by atoms with Gasteiger partial charge in [0.15, 0.2) is 0 Å². The van der Waals surface area contributed by atoms with E-state index in [4.69, 9.17) is 4.74 Å². The molecule has 1 aromatic carbocycles. The van der Waals surface area contributed by atoms with E-state index in [-0.39, 0.29) is 0 Å². The van der Waals surface area contributed by atoms with Crippen LogP contribution in [0.1, 0.15) is 11.1 Å². The van der Waals surface area contributed by atoms with Gasteiger partial charge in [0, 0.05) is 11.6 Å². The average Bonchev–Trinajstić information content (AvgIpc) is 2.23. The lowest BCUT2D eigenvalue weighted by molar-refractivity contribution is 0.415. The van der Waals surface area contributed by atoms with Crippen LogP contribution >= 0.6 is 0 Å². The summed E-state index contributed by atoms with van der Waals surface area (Å²) >= 11 is 0. The maximum absolute atomic E-state index is 5.19. The van der Waals surface area contributed by atoms with Crippen molar-refractivity contribution in [2.75, 3.05) is 7.11 Å². The summed E-state index contributed by atoms with van der Waals surface area (Å²) in [4.78, 5) is 4.36. The summed E-state index contributed by atoms with van der Waals surface area (Å²) in [5, 5.41) is 1.17. The Morgan fingerprint density at radius 1 is 1.21 bits per heavy atom. The summed E-state index contributed by atoms with van der Waals surface area (Å²) in [7, 11) is 1.68. The van der Waals surface area contributed by atoms with Gasteiger partial charge >= 0.3 is 0 Å². The molecule has 72 valence electrons. The zero-order chi connectivity index (χ0) is 10.1. The second-order valence-corrected chi connectivity index (χ2v) is 3.45. The predicted molar refractivity (Wildman–Crippen MR) is 57.8 cm³/mol. The largest absolute Gasteiger partial charge is 0.497 e. The highest BCUT2D eigenvalue weighted by atomic mass is 16.5. The molecule has 0 aliphatic heterocycles. The first kappa shape index (κ1) is 9.00. The van der Waals surface area contributed by atoms with E-state index in [1.807, 2.05) is 24.4 Å². The van der Waals surface area contributed by atoms with Crippen molar-refractivity contribution >= 4 is 10.9 Å². The third-order valence-electron chi connectivity index (χ3n) is 2.60. The van der Waals surface area contributed by atoms with Crippen molar-refractivity contribution in [1.29, 1.82) is 0 Å². The van der Waals surface area contributed by atoms with Crippen molar-refractivity contribution in [2.45, 2.75) is 13.8 Å². The van der Waals surface area contributed by atoms with Crippen LogP contribution in [0.4, 0.5) is 0 Å². The van der Waals surface area contributed by atoms with Gasteiger partial charge in [-0.05, 0) is 43.2 Å². The Morgan fingerprint density at radius 3 is 2.71 bits per heavy atom. The number of aryl methyl sites for hydroxylation is 2. The van der Waals surface area contributed by atoms with Gasteiger partial charge in [0.25, 0.3) is 0 Å². The number of hydrogen-bond donors (Lipinski definition) is 0. The van der Waals surface area contributed by atoms with Gasteiger partial charge in [-0.1, -0.05) is 0 Å². The molecule has 0 bridgehead atoms. The summed E-state index contributed by atoms with van der Waals surface area (Å²) in [6.45, 7) is 4.18. The summed E-state index contributed by atoms with van der Waals surface area (Å²) < 4.78 is 5.19. The molecule has 0 spiro atoms. The van der Waals surface area contributed by atoms with Crippen LogP contribution in [0, 0.1) is 13.8 Å². The molecule has 2 rings (SSSR count). The van der Waals surface area contributed by atoms with Gasteiger partial charge in [-0.2, -0.15) is 0 Å². The van der Waals surface area contributed by atoms with E-state index in [1.54, 1.807) is 7.11 Å². The first-order chi connectivity index (χ1) is 6.72. The summed E-state index contributed by atoms with van der Waals surface area (Å²) in [5.41, 5.74) is 3.51. The van der Waals surface area contributed by atoms with Gasteiger partial charge in [-0.25, -0.2) is 0 Å². The highest BCUT2D eigenvalue weighted by molar-refractivity contribution is 5.84. The van der Waals surface area contributed by atoms with E-state index in [0.29, 0.717) is 0 Å². The maximum Gasteiger partial charge on any atom is 0.119 e. The first-order valence-corrected chi connectivity index (χ1v) is 4.62. The maximum atomic E-state index is 5.19. The van der Waals surface area contributed by atoms with Gasteiger partial charge in [0.2, 0.25) is 0 Å². The molecule has 0 amide bonds. The van der Waals surface area contributed by atoms with Crippen LogP contribution in [0.25, 0.3) is 10.9 Å². The molecule has 0 fully saturated rings. The fourth-order valence-corrected chi connectivity index (χ4v) is 1.53. The molecule has 0 atom stereocenters. The molecule has 0 saturated heterocycles. The van der Waals surface area contributed by atoms with Crippen LogP contribution in [0.3, 0.4) is 0 Å². The number of fused-ring (bicyclic) bond motifs is 1. The smallest absolute Gasteiger partial charge is 0.119 e. The number of nitrogens with zero attached hydrogens (tertiary/aromatic N) is 1. The fourth-order valence-electron chi connectivity index (χ4n) is 1.53. The summed E-state index contributed by atoms with van der Waals surface area (Å²) in [6, 6.07) is 5.95. The molecule has 0 N–H and O–H groups in total. The Hall–Kier alpha value is -1.57. The predicted octanol–water partition coefficient (Wildman–Crippen LogP) is 2.86. The Bertz CT molecular complexity index is 477. The molecule has 2 heteroatoms. The lowest BCUT2D eigenvalue weighted by Gasteiger charge is -2.06. The van der Waals surface area contributed by atoms with Crippen LogP contribution in [0.5, 0.6) is 5.75 Å². The van der Waals surface area contributed by atoms with E-state index in [2.05, 4.69) is 18.8 Å². The molecule has 0 saturated carbocycles. The normalized spacial score (nSPS) is 10.5. The summed E-state index contributed by atoms with van der Waals surface area (Å²) in [6.07, 6.45) is 1.91. The highest BCUT2D eigenvalue weighted by Gasteiger charge is 2.02.